The van der Waals surface area contributed by atoms with Crippen molar-refractivity contribution in [3.63, 3.8) is 0 Å². The van der Waals surface area contributed by atoms with Gasteiger partial charge in [0.2, 0.25) is 10.0 Å². The number of carbonyl (C=O) groups excluding carboxylic acids is 2. The summed E-state index contributed by atoms with van der Waals surface area (Å²) >= 11 is 0. The first-order chi connectivity index (χ1) is 13.9. The fourth-order valence-corrected chi connectivity index (χ4v) is 5.76. The van der Waals surface area contributed by atoms with E-state index in [-0.39, 0.29) is 4.90 Å². The average Bonchev–Trinajstić information content (AvgIpc) is 3.45. The molecule has 8 heteroatoms. The van der Waals surface area contributed by atoms with Gasteiger partial charge in [-0.15, -0.1) is 0 Å². The van der Waals surface area contributed by atoms with E-state index in [0.29, 0.717) is 48.2 Å². The molecule has 0 saturated carbocycles. The summed E-state index contributed by atoms with van der Waals surface area (Å²) in [7, 11) is -3.83. The number of aryl methyl sites for hydroxylation is 1. The van der Waals surface area contributed by atoms with E-state index in [1.165, 1.54) is 4.31 Å². The van der Waals surface area contributed by atoms with Crippen LogP contribution in [0.3, 0.4) is 0 Å². The number of nitrogens with one attached hydrogen (secondary N) is 2. The highest BCUT2D eigenvalue weighted by molar-refractivity contribution is 7.89. The first-order valence-electron chi connectivity index (χ1n) is 9.32. The number of aldehydes is 2. The van der Waals surface area contributed by atoms with Crippen LogP contribution in [-0.4, -0.2) is 35.3 Å². The minimum absolute atomic E-state index is 0.212. The number of nitrogens with zero attached hydrogens (tertiary/aromatic N) is 1. The lowest BCUT2D eigenvalue weighted by atomic mass is 10.1. The van der Waals surface area contributed by atoms with Crippen molar-refractivity contribution in [3.05, 3.63) is 76.9 Å². The van der Waals surface area contributed by atoms with Crippen molar-refractivity contribution in [1.29, 1.82) is 0 Å². The van der Waals surface area contributed by atoms with Gasteiger partial charge in [0.05, 0.1) is 28.4 Å². The summed E-state index contributed by atoms with van der Waals surface area (Å²) in [6, 6.07) is 12.7. The highest BCUT2D eigenvalue weighted by atomic mass is 32.2. The summed E-state index contributed by atoms with van der Waals surface area (Å²) < 4.78 is 28.7. The normalized spacial score (nSPS) is 20.0. The van der Waals surface area contributed by atoms with Gasteiger partial charge in [-0.2, -0.15) is 4.31 Å². The molecule has 2 N–H and O–H groups in total. The Balaban J connectivity index is 1.81. The van der Waals surface area contributed by atoms with Gasteiger partial charge in [-0.25, -0.2) is 8.42 Å². The maximum Gasteiger partial charge on any atom is 0.244 e. The van der Waals surface area contributed by atoms with Crippen molar-refractivity contribution in [3.8, 4) is 0 Å². The molecule has 3 aromatic rings. The molecule has 7 nitrogen and oxygen atoms in total. The number of aromatic nitrogens is 2. The SMILES string of the molecule is Cc1ccc(S(=O)(=O)N2[C@H](c3ccc(C=O)[nH]3)CC[C@H]2c2ccc(C=O)[nH]2)cc1. The van der Waals surface area contributed by atoms with Gasteiger partial charge in [-0.3, -0.25) is 9.59 Å². The van der Waals surface area contributed by atoms with Crippen LogP contribution >= 0.6 is 0 Å². The largest absolute Gasteiger partial charge is 0.355 e. The number of rotatable bonds is 6. The Bertz CT molecular complexity index is 1090. The summed E-state index contributed by atoms with van der Waals surface area (Å²) in [6.45, 7) is 1.90. The monoisotopic (exact) mass is 411 g/mol. The zero-order valence-electron chi connectivity index (χ0n) is 15.8. The Morgan fingerprint density at radius 3 is 1.72 bits per heavy atom. The molecular formula is C21H21N3O4S. The number of benzene rings is 1. The molecular weight excluding hydrogens is 390 g/mol. The summed E-state index contributed by atoms with van der Waals surface area (Å²) in [4.78, 5) is 28.4. The average molecular weight is 411 g/mol. The molecule has 3 heterocycles. The molecule has 0 aliphatic carbocycles. The molecule has 1 fully saturated rings. The Labute approximate surface area is 168 Å². The lowest BCUT2D eigenvalue weighted by Crippen LogP contribution is -2.33. The minimum atomic E-state index is -3.83. The molecule has 0 unspecified atom stereocenters. The van der Waals surface area contributed by atoms with E-state index in [2.05, 4.69) is 9.97 Å². The van der Waals surface area contributed by atoms with Crippen LogP contribution in [0, 0.1) is 6.92 Å². The summed E-state index contributed by atoms with van der Waals surface area (Å²) in [6.07, 6.45) is 2.58. The number of sulfonamides is 1. The third-order valence-corrected chi connectivity index (χ3v) is 7.29. The van der Waals surface area contributed by atoms with Gasteiger partial charge < -0.3 is 9.97 Å². The van der Waals surface area contributed by atoms with E-state index in [0.717, 1.165) is 5.56 Å². The molecule has 0 amide bonds. The molecule has 2 aromatic heterocycles. The van der Waals surface area contributed by atoms with Crippen LogP contribution in [0.4, 0.5) is 0 Å². The van der Waals surface area contributed by atoms with Gasteiger partial charge in [-0.05, 0) is 56.2 Å². The molecule has 0 spiro atoms. The zero-order valence-corrected chi connectivity index (χ0v) is 16.6. The molecule has 1 aliphatic rings. The fourth-order valence-electron chi connectivity index (χ4n) is 3.92. The van der Waals surface area contributed by atoms with E-state index < -0.39 is 22.1 Å². The first-order valence-corrected chi connectivity index (χ1v) is 10.8. The maximum atomic E-state index is 13.6. The second-order valence-corrected chi connectivity index (χ2v) is 9.07. The van der Waals surface area contributed by atoms with Crippen LogP contribution < -0.4 is 0 Å². The second kappa shape index (κ2) is 7.46. The van der Waals surface area contributed by atoms with Crippen LogP contribution in [0.1, 0.15) is 62.9 Å². The minimum Gasteiger partial charge on any atom is -0.355 e. The predicted octanol–water partition coefficient (Wildman–Crippen LogP) is 3.54. The topological polar surface area (TPSA) is 103 Å². The van der Waals surface area contributed by atoms with Crippen molar-refractivity contribution in [1.82, 2.24) is 14.3 Å². The molecule has 1 aliphatic heterocycles. The molecule has 1 saturated heterocycles. The van der Waals surface area contributed by atoms with Crippen LogP contribution in [-0.2, 0) is 10.0 Å². The number of H-pyrrole nitrogens is 2. The number of carbonyl (C=O) groups is 2. The lowest BCUT2D eigenvalue weighted by Gasteiger charge is -2.29. The van der Waals surface area contributed by atoms with E-state index in [4.69, 9.17) is 0 Å². The van der Waals surface area contributed by atoms with Crippen molar-refractivity contribution >= 4 is 22.6 Å². The van der Waals surface area contributed by atoms with Crippen molar-refractivity contribution < 1.29 is 18.0 Å². The van der Waals surface area contributed by atoms with E-state index in [1.54, 1.807) is 48.5 Å². The molecule has 29 heavy (non-hydrogen) atoms. The Morgan fingerprint density at radius 2 is 1.31 bits per heavy atom. The second-order valence-electron chi connectivity index (χ2n) is 7.23. The first kappa shape index (κ1) is 19.4. The molecule has 2 atom stereocenters. The van der Waals surface area contributed by atoms with E-state index >= 15 is 0 Å². The van der Waals surface area contributed by atoms with Gasteiger partial charge in [-0.1, -0.05) is 17.7 Å². The van der Waals surface area contributed by atoms with Crippen molar-refractivity contribution in [2.45, 2.75) is 36.7 Å². The van der Waals surface area contributed by atoms with Crippen molar-refractivity contribution in [2.24, 2.45) is 0 Å². The molecule has 1 aromatic carbocycles. The Hall–Kier alpha value is -2.97. The summed E-state index contributed by atoms with van der Waals surface area (Å²) in [5.74, 6) is 0. The van der Waals surface area contributed by atoms with Crippen LogP contribution in [0.5, 0.6) is 0 Å². The summed E-state index contributed by atoms with van der Waals surface area (Å²) in [5, 5.41) is 0. The fraction of sp³-hybridized carbons (Fsp3) is 0.238. The quantitative estimate of drug-likeness (QED) is 0.606. The third kappa shape index (κ3) is 3.45. The predicted molar refractivity (Wildman–Crippen MR) is 107 cm³/mol. The number of aromatic amines is 2. The highest BCUT2D eigenvalue weighted by Gasteiger charge is 2.44. The molecule has 0 bridgehead atoms. The van der Waals surface area contributed by atoms with Gasteiger partial charge in [0.25, 0.3) is 0 Å². The van der Waals surface area contributed by atoms with Crippen molar-refractivity contribution in [2.75, 3.05) is 0 Å². The lowest BCUT2D eigenvalue weighted by molar-refractivity contribution is 0.111. The van der Waals surface area contributed by atoms with Crippen LogP contribution in [0.15, 0.2) is 53.4 Å². The molecule has 150 valence electrons. The smallest absolute Gasteiger partial charge is 0.244 e. The molecule has 4 rings (SSSR count). The van der Waals surface area contributed by atoms with E-state index in [9.17, 15) is 18.0 Å². The van der Waals surface area contributed by atoms with Crippen LogP contribution in [0.2, 0.25) is 0 Å². The Morgan fingerprint density at radius 1 is 0.828 bits per heavy atom. The third-order valence-electron chi connectivity index (χ3n) is 5.36. The van der Waals surface area contributed by atoms with E-state index in [1.807, 2.05) is 6.92 Å². The zero-order chi connectivity index (χ0) is 20.6. The number of hydrogen-bond donors (Lipinski definition) is 2. The summed E-state index contributed by atoms with van der Waals surface area (Å²) in [5.41, 5.74) is 3.12. The van der Waals surface area contributed by atoms with Gasteiger partial charge in [0, 0.05) is 11.4 Å². The number of hydrogen-bond acceptors (Lipinski definition) is 4. The van der Waals surface area contributed by atoms with Gasteiger partial charge in [0.15, 0.2) is 12.6 Å². The Kier molecular flexibility index (Phi) is 4.97. The highest BCUT2D eigenvalue weighted by Crippen LogP contribution is 2.46. The van der Waals surface area contributed by atoms with Gasteiger partial charge in [0.1, 0.15) is 0 Å². The van der Waals surface area contributed by atoms with Gasteiger partial charge >= 0.3 is 0 Å². The van der Waals surface area contributed by atoms with Crippen LogP contribution in [0.25, 0.3) is 0 Å². The maximum absolute atomic E-state index is 13.6. The molecule has 0 radical (unpaired) electrons. The standard InChI is InChI=1S/C21H21N3O4S/c1-14-2-6-17(7-3-14)29(27,28)24-20(18-8-4-15(12-25)22-18)10-11-21(24)19-9-5-16(13-26)23-19/h2-9,12-13,20-23H,10-11H2,1H3/t20-,21-/m0/s1.